The number of halogens is 1. The Balaban J connectivity index is 1.25. The molecule has 3 saturated heterocycles. The second kappa shape index (κ2) is 10.8. The van der Waals surface area contributed by atoms with Crippen molar-refractivity contribution in [2.45, 2.75) is 76.5 Å². The van der Waals surface area contributed by atoms with Gasteiger partial charge in [-0.05, 0) is 77.6 Å². The summed E-state index contributed by atoms with van der Waals surface area (Å²) in [5, 5.41) is 7.22. The fourth-order valence-corrected chi connectivity index (χ4v) is 5.66. The Morgan fingerprint density at radius 1 is 1.10 bits per heavy atom. The number of fused-ring (bicyclic) bond motifs is 2. The van der Waals surface area contributed by atoms with E-state index in [1.165, 1.54) is 32.1 Å². The molecule has 172 valence electrons. The topological polar surface area (TPSA) is 42.9 Å². The Morgan fingerprint density at radius 3 is 2.48 bits per heavy atom. The highest BCUT2D eigenvalue weighted by atomic mass is 19.1. The van der Waals surface area contributed by atoms with Crippen LogP contribution in [0, 0.1) is 11.7 Å². The molecule has 5 nitrogen and oxygen atoms in total. The van der Waals surface area contributed by atoms with Crippen molar-refractivity contribution in [2.75, 3.05) is 33.2 Å². The van der Waals surface area contributed by atoms with E-state index in [0.29, 0.717) is 18.5 Å². The third-order valence-electron chi connectivity index (χ3n) is 7.59. The second-order valence-corrected chi connectivity index (χ2v) is 9.75. The van der Waals surface area contributed by atoms with Gasteiger partial charge in [-0.25, -0.2) is 4.39 Å². The molecule has 3 heterocycles. The van der Waals surface area contributed by atoms with Crippen molar-refractivity contribution >= 4 is 5.96 Å². The molecular weight excluding hydrogens is 389 g/mol. The van der Waals surface area contributed by atoms with E-state index in [9.17, 15) is 4.39 Å². The number of rotatable bonds is 6. The molecule has 1 aromatic carbocycles. The first kappa shape index (κ1) is 22.5. The van der Waals surface area contributed by atoms with Gasteiger partial charge in [-0.3, -0.25) is 9.89 Å². The molecule has 31 heavy (non-hydrogen) atoms. The molecule has 2 unspecified atom stereocenters. The minimum atomic E-state index is -0.0892. The average Bonchev–Trinajstić information content (AvgIpc) is 2.75. The molecule has 0 radical (unpaired) electrons. The van der Waals surface area contributed by atoms with Crippen LogP contribution in [0.4, 0.5) is 4.39 Å². The number of hydrogen-bond donors (Lipinski definition) is 2. The van der Waals surface area contributed by atoms with Crippen LogP contribution in [0.3, 0.4) is 0 Å². The number of nitrogens with one attached hydrogen (secondary N) is 2. The van der Waals surface area contributed by atoms with Crippen LogP contribution in [-0.2, 0) is 6.54 Å². The first-order valence-corrected chi connectivity index (χ1v) is 12.3. The molecule has 0 spiro atoms. The Morgan fingerprint density at radius 2 is 1.81 bits per heavy atom. The molecule has 6 heteroatoms. The third kappa shape index (κ3) is 5.98. The molecule has 1 aromatic rings. The van der Waals surface area contributed by atoms with Crippen LogP contribution in [0.5, 0.6) is 0 Å². The fraction of sp³-hybridized carbons (Fsp3) is 0.720. The van der Waals surface area contributed by atoms with E-state index in [-0.39, 0.29) is 5.82 Å². The van der Waals surface area contributed by atoms with Crippen molar-refractivity contribution in [1.29, 1.82) is 0 Å². The number of nitrogens with zero attached hydrogens (tertiary/aromatic N) is 3. The standard InChI is InChI=1S/C25H40FN5/c1-3-27-25(29-21-15-22-8-6-9-23(16-21)30(22)2)28-17-19-11-13-31(14-12-19)18-20-7-4-5-10-24(20)26/h4-5,7,10,19,21-23H,3,6,8-9,11-18H2,1-2H3,(H2,27,28,29). The monoisotopic (exact) mass is 429 g/mol. The molecule has 2 bridgehead atoms. The molecule has 3 fully saturated rings. The Hall–Kier alpha value is -1.66. The molecule has 0 saturated carbocycles. The van der Waals surface area contributed by atoms with Gasteiger partial charge in [-0.1, -0.05) is 24.6 Å². The summed E-state index contributed by atoms with van der Waals surface area (Å²) in [6, 6.07) is 9.13. The molecule has 0 aliphatic carbocycles. The summed E-state index contributed by atoms with van der Waals surface area (Å²) in [6.07, 6.45) is 8.79. The molecule has 3 aliphatic heterocycles. The highest BCUT2D eigenvalue weighted by molar-refractivity contribution is 5.80. The van der Waals surface area contributed by atoms with E-state index in [2.05, 4.69) is 34.4 Å². The first-order valence-electron chi connectivity index (χ1n) is 12.3. The Labute approximate surface area is 187 Å². The number of aliphatic imine (C=N–C) groups is 1. The van der Waals surface area contributed by atoms with E-state index in [4.69, 9.17) is 4.99 Å². The zero-order chi connectivity index (χ0) is 21.6. The average molecular weight is 430 g/mol. The number of benzene rings is 1. The van der Waals surface area contributed by atoms with Crippen molar-refractivity contribution in [2.24, 2.45) is 10.9 Å². The zero-order valence-electron chi connectivity index (χ0n) is 19.3. The summed E-state index contributed by atoms with van der Waals surface area (Å²) in [5.41, 5.74) is 0.806. The van der Waals surface area contributed by atoms with E-state index in [0.717, 1.165) is 62.6 Å². The van der Waals surface area contributed by atoms with E-state index in [1.54, 1.807) is 12.1 Å². The van der Waals surface area contributed by atoms with E-state index < -0.39 is 0 Å². The zero-order valence-corrected chi connectivity index (χ0v) is 19.3. The van der Waals surface area contributed by atoms with Crippen LogP contribution in [-0.4, -0.2) is 67.1 Å². The van der Waals surface area contributed by atoms with Gasteiger partial charge in [0.2, 0.25) is 0 Å². The Kier molecular flexibility index (Phi) is 7.83. The summed E-state index contributed by atoms with van der Waals surface area (Å²) in [7, 11) is 2.31. The number of guanidine groups is 1. The molecule has 2 N–H and O–H groups in total. The maximum Gasteiger partial charge on any atom is 0.191 e. The van der Waals surface area contributed by atoms with Gasteiger partial charge in [0.15, 0.2) is 5.96 Å². The lowest BCUT2D eigenvalue weighted by atomic mass is 9.82. The number of hydrogen-bond acceptors (Lipinski definition) is 3. The predicted molar refractivity (Wildman–Crippen MR) is 126 cm³/mol. The molecular formula is C25H40FN5. The predicted octanol–water partition coefficient (Wildman–Crippen LogP) is 3.61. The Bertz CT molecular complexity index is 716. The van der Waals surface area contributed by atoms with Crippen LogP contribution in [0.1, 0.15) is 57.4 Å². The van der Waals surface area contributed by atoms with Crippen molar-refractivity contribution in [3.8, 4) is 0 Å². The minimum absolute atomic E-state index is 0.0892. The quantitative estimate of drug-likeness (QED) is 0.536. The van der Waals surface area contributed by atoms with Gasteiger partial charge in [0.25, 0.3) is 0 Å². The van der Waals surface area contributed by atoms with Crippen LogP contribution < -0.4 is 10.6 Å². The summed E-state index contributed by atoms with van der Waals surface area (Å²) < 4.78 is 13.9. The van der Waals surface area contributed by atoms with E-state index >= 15 is 0 Å². The summed E-state index contributed by atoms with van der Waals surface area (Å²) in [6.45, 7) is 6.68. The normalized spacial score (nSPS) is 28.5. The van der Waals surface area contributed by atoms with Crippen LogP contribution >= 0.6 is 0 Å². The van der Waals surface area contributed by atoms with Crippen molar-refractivity contribution in [1.82, 2.24) is 20.4 Å². The molecule has 3 aliphatic rings. The highest BCUT2D eigenvalue weighted by Crippen LogP contribution is 2.32. The molecule has 0 amide bonds. The summed E-state index contributed by atoms with van der Waals surface area (Å²) in [5.74, 6) is 1.52. The summed E-state index contributed by atoms with van der Waals surface area (Å²) >= 11 is 0. The van der Waals surface area contributed by atoms with Gasteiger partial charge in [0.1, 0.15) is 5.82 Å². The van der Waals surface area contributed by atoms with Gasteiger partial charge >= 0.3 is 0 Å². The van der Waals surface area contributed by atoms with Gasteiger partial charge in [-0.2, -0.15) is 0 Å². The SMILES string of the molecule is CCNC(=NCC1CCN(Cc2ccccc2F)CC1)NC1CC2CCCC(C1)N2C. The highest BCUT2D eigenvalue weighted by Gasteiger charge is 2.36. The first-order chi connectivity index (χ1) is 15.1. The fourth-order valence-electron chi connectivity index (χ4n) is 5.66. The van der Waals surface area contributed by atoms with Crippen LogP contribution in [0.25, 0.3) is 0 Å². The smallest absolute Gasteiger partial charge is 0.191 e. The lowest BCUT2D eigenvalue weighted by Gasteiger charge is -2.47. The number of likely N-dealkylation sites (tertiary alicyclic amines) is 1. The maximum atomic E-state index is 13.9. The van der Waals surface area contributed by atoms with Crippen LogP contribution in [0.15, 0.2) is 29.3 Å². The van der Waals surface area contributed by atoms with Gasteiger partial charge in [0, 0.05) is 43.3 Å². The lowest BCUT2D eigenvalue weighted by molar-refractivity contribution is 0.0526. The van der Waals surface area contributed by atoms with Crippen molar-refractivity contribution < 1.29 is 4.39 Å². The molecule has 4 rings (SSSR count). The van der Waals surface area contributed by atoms with Crippen molar-refractivity contribution in [3.05, 3.63) is 35.6 Å². The molecule has 2 atom stereocenters. The largest absolute Gasteiger partial charge is 0.357 e. The van der Waals surface area contributed by atoms with Gasteiger partial charge in [0.05, 0.1) is 0 Å². The van der Waals surface area contributed by atoms with Crippen LogP contribution in [0.2, 0.25) is 0 Å². The summed E-state index contributed by atoms with van der Waals surface area (Å²) in [4.78, 5) is 9.96. The maximum absolute atomic E-state index is 13.9. The third-order valence-corrected chi connectivity index (χ3v) is 7.59. The van der Waals surface area contributed by atoms with Crippen molar-refractivity contribution in [3.63, 3.8) is 0 Å². The van der Waals surface area contributed by atoms with Gasteiger partial charge in [-0.15, -0.1) is 0 Å². The number of piperidine rings is 3. The minimum Gasteiger partial charge on any atom is -0.357 e. The van der Waals surface area contributed by atoms with Gasteiger partial charge < -0.3 is 15.5 Å². The molecule has 0 aromatic heterocycles. The lowest BCUT2D eigenvalue weighted by Crippen LogP contribution is -2.56. The van der Waals surface area contributed by atoms with E-state index in [1.807, 2.05) is 12.1 Å². The second-order valence-electron chi connectivity index (χ2n) is 9.75.